The highest BCUT2D eigenvalue weighted by Crippen LogP contribution is 2.30. The van der Waals surface area contributed by atoms with E-state index in [2.05, 4.69) is 41.8 Å². The average Bonchev–Trinajstić information content (AvgIpc) is 3.45. The summed E-state index contributed by atoms with van der Waals surface area (Å²) in [5.74, 6) is 0.422. The Kier molecular flexibility index (Phi) is 5.32. The van der Waals surface area contributed by atoms with Gasteiger partial charge in [0.05, 0.1) is 15.9 Å². The molecule has 0 bridgehead atoms. The molecule has 0 unspecified atom stereocenters. The van der Waals surface area contributed by atoms with Crippen LogP contribution in [-0.4, -0.2) is 39.1 Å². The molecule has 3 heterocycles. The quantitative estimate of drug-likeness (QED) is 0.287. The fraction of sp³-hybridized carbons (Fsp3) is 0.320. The normalized spacial score (nSPS) is 14.2. The summed E-state index contributed by atoms with van der Waals surface area (Å²) in [5, 5.41) is 0. The monoisotopic (exact) mass is 431 g/mol. The first-order valence-electron chi connectivity index (χ1n) is 10.9. The van der Waals surface area contributed by atoms with Crippen molar-refractivity contribution in [1.82, 2.24) is 14.3 Å². The summed E-state index contributed by atoms with van der Waals surface area (Å²) >= 11 is 1.61. The Labute approximate surface area is 185 Å². The molecule has 6 heteroatoms. The van der Waals surface area contributed by atoms with E-state index in [-0.39, 0.29) is 11.7 Å². The lowest BCUT2D eigenvalue weighted by Gasteiger charge is -2.14. The molecular formula is C25H25N3O2S. The predicted molar refractivity (Wildman–Crippen MR) is 125 cm³/mol. The molecule has 5 nitrogen and oxygen atoms in total. The maximum absolute atomic E-state index is 12.7. The van der Waals surface area contributed by atoms with E-state index < -0.39 is 0 Å². The zero-order valence-electron chi connectivity index (χ0n) is 17.6. The lowest BCUT2D eigenvalue weighted by Crippen LogP contribution is -2.25. The van der Waals surface area contributed by atoms with E-state index >= 15 is 0 Å². The van der Waals surface area contributed by atoms with Crippen LogP contribution in [0.2, 0.25) is 0 Å². The maximum atomic E-state index is 12.7. The molecule has 0 radical (unpaired) electrons. The van der Waals surface area contributed by atoms with Gasteiger partial charge in [0.1, 0.15) is 0 Å². The number of Topliss-reactive ketones (excluding diaryl/α,β-unsaturated/α-hetero) is 1. The fourth-order valence-corrected chi connectivity index (χ4v) is 5.34. The van der Waals surface area contributed by atoms with Gasteiger partial charge in [0.15, 0.2) is 10.7 Å². The molecule has 1 fully saturated rings. The van der Waals surface area contributed by atoms with E-state index in [1.54, 1.807) is 11.3 Å². The first kappa shape index (κ1) is 19.9. The lowest BCUT2D eigenvalue weighted by molar-refractivity contribution is -0.127. The number of aryl methyl sites for hydroxylation is 1. The Morgan fingerprint density at radius 2 is 2.06 bits per heavy atom. The zero-order chi connectivity index (χ0) is 21.4. The van der Waals surface area contributed by atoms with Gasteiger partial charge in [0.25, 0.3) is 0 Å². The molecule has 0 N–H and O–H groups in total. The molecule has 1 amide bonds. The summed E-state index contributed by atoms with van der Waals surface area (Å²) in [6.45, 7) is 3.73. The molecule has 0 spiro atoms. The molecule has 2 aromatic carbocycles. The van der Waals surface area contributed by atoms with E-state index in [9.17, 15) is 9.59 Å². The topological polar surface area (TPSA) is 54.7 Å². The van der Waals surface area contributed by atoms with Gasteiger partial charge in [-0.2, -0.15) is 0 Å². The highest BCUT2D eigenvalue weighted by molar-refractivity contribution is 7.23. The van der Waals surface area contributed by atoms with Crippen LogP contribution < -0.4 is 0 Å². The highest BCUT2D eigenvalue weighted by atomic mass is 32.1. The number of imidazole rings is 1. The van der Waals surface area contributed by atoms with Gasteiger partial charge in [-0.15, -0.1) is 0 Å². The Hall–Kier alpha value is -2.99. The molecule has 1 aliphatic rings. The number of hydrogen-bond acceptors (Lipinski definition) is 4. The van der Waals surface area contributed by atoms with Crippen LogP contribution in [0.1, 0.15) is 48.0 Å². The second kappa shape index (κ2) is 8.27. The number of thiazole rings is 1. The van der Waals surface area contributed by atoms with Crippen LogP contribution in [0, 0.1) is 6.92 Å². The number of nitrogens with zero attached hydrogens (tertiary/aromatic N) is 3. The van der Waals surface area contributed by atoms with Crippen molar-refractivity contribution in [1.29, 1.82) is 0 Å². The van der Waals surface area contributed by atoms with Crippen molar-refractivity contribution in [3.8, 4) is 11.3 Å². The summed E-state index contributed by atoms with van der Waals surface area (Å²) in [6, 6.07) is 14.3. The summed E-state index contributed by atoms with van der Waals surface area (Å²) in [7, 11) is 0. The number of rotatable bonds is 7. The summed E-state index contributed by atoms with van der Waals surface area (Å²) in [4.78, 5) is 32.0. The van der Waals surface area contributed by atoms with Crippen LogP contribution >= 0.6 is 11.3 Å². The molecular weight excluding hydrogens is 406 g/mol. The second-order valence-electron chi connectivity index (χ2n) is 8.30. The number of fused-ring (bicyclic) bond motifs is 3. The molecule has 0 atom stereocenters. The van der Waals surface area contributed by atoms with Crippen molar-refractivity contribution in [3.63, 3.8) is 0 Å². The third-order valence-corrected chi connectivity index (χ3v) is 7.00. The first-order valence-corrected chi connectivity index (χ1v) is 11.7. The number of likely N-dealkylation sites (tertiary alicyclic amines) is 1. The van der Waals surface area contributed by atoms with Crippen LogP contribution in [0.3, 0.4) is 0 Å². The van der Waals surface area contributed by atoms with Gasteiger partial charge < -0.3 is 4.90 Å². The smallest absolute Gasteiger partial charge is 0.222 e. The number of carbonyl (C=O) groups is 2. The number of benzene rings is 2. The van der Waals surface area contributed by atoms with Crippen molar-refractivity contribution in [3.05, 3.63) is 59.8 Å². The molecule has 158 valence electrons. The minimum atomic E-state index is 0.168. The molecule has 4 aromatic rings. The van der Waals surface area contributed by atoms with Gasteiger partial charge in [-0.05, 0) is 50.5 Å². The number of carbonyl (C=O) groups excluding carboxylic acids is 2. The Morgan fingerprint density at radius 3 is 2.87 bits per heavy atom. The molecule has 5 rings (SSSR count). The van der Waals surface area contributed by atoms with Crippen LogP contribution in [0.4, 0.5) is 0 Å². The van der Waals surface area contributed by atoms with Crippen molar-refractivity contribution in [2.45, 2.75) is 39.0 Å². The Balaban J connectivity index is 1.28. The minimum Gasteiger partial charge on any atom is -0.343 e. The van der Waals surface area contributed by atoms with Gasteiger partial charge in [0, 0.05) is 43.3 Å². The number of amides is 1. The lowest BCUT2D eigenvalue weighted by atomic mass is 10.1. The van der Waals surface area contributed by atoms with Crippen molar-refractivity contribution in [2.75, 3.05) is 13.1 Å². The first-order chi connectivity index (χ1) is 15.1. The predicted octanol–water partition coefficient (Wildman–Crippen LogP) is 5.50. The molecule has 0 aliphatic carbocycles. The van der Waals surface area contributed by atoms with Crippen molar-refractivity contribution < 1.29 is 9.59 Å². The largest absolute Gasteiger partial charge is 0.343 e. The number of unbranched alkanes of at least 4 members (excludes halogenated alkanes) is 1. The summed E-state index contributed by atoms with van der Waals surface area (Å²) in [5.41, 5.74) is 5.14. The van der Waals surface area contributed by atoms with E-state index in [1.807, 2.05) is 23.1 Å². The third-order valence-electron chi connectivity index (χ3n) is 5.98. The summed E-state index contributed by atoms with van der Waals surface area (Å²) in [6.07, 6.45) is 5.93. The van der Waals surface area contributed by atoms with Crippen molar-refractivity contribution in [2.24, 2.45) is 0 Å². The molecule has 1 aliphatic heterocycles. The van der Waals surface area contributed by atoms with Gasteiger partial charge in [-0.1, -0.05) is 35.1 Å². The fourth-order valence-electron chi connectivity index (χ4n) is 4.29. The average molecular weight is 432 g/mol. The highest BCUT2D eigenvalue weighted by Gasteiger charge is 2.19. The molecule has 2 aromatic heterocycles. The molecule has 31 heavy (non-hydrogen) atoms. The number of hydrogen-bond donors (Lipinski definition) is 0. The van der Waals surface area contributed by atoms with Crippen molar-refractivity contribution >= 4 is 38.2 Å². The van der Waals surface area contributed by atoms with Crippen LogP contribution in [0.5, 0.6) is 0 Å². The Morgan fingerprint density at radius 1 is 1.16 bits per heavy atom. The Bertz CT molecular complexity index is 1290. The standard InChI is InChI=1S/C25H25N3O2S/c1-17-6-4-7-18(14-17)20-16-28-21-11-10-19(15-23(21)31-25(28)26-20)22(29)8-2-3-12-27-13-5-9-24(27)30/h4,6-7,10-11,14-16H,2-3,5,8-9,12-13H2,1H3. The van der Waals surface area contributed by atoms with Gasteiger partial charge >= 0.3 is 0 Å². The van der Waals surface area contributed by atoms with E-state index in [0.717, 1.165) is 64.4 Å². The van der Waals surface area contributed by atoms with Gasteiger partial charge in [-0.3, -0.25) is 14.0 Å². The second-order valence-corrected chi connectivity index (χ2v) is 9.31. The zero-order valence-corrected chi connectivity index (χ0v) is 18.5. The molecule has 1 saturated heterocycles. The minimum absolute atomic E-state index is 0.168. The van der Waals surface area contributed by atoms with E-state index in [0.29, 0.717) is 12.8 Å². The van der Waals surface area contributed by atoms with Crippen LogP contribution in [0.15, 0.2) is 48.7 Å². The number of ketones is 1. The maximum Gasteiger partial charge on any atom is 0.222 e. The van der Waals surface area contributed by atoms with E-state index in [1.165, 1.54) is 5.56 Å². The van der Waals surface area contributed by atoms with E-state index in [4.69, 9.17) is 4.98 Å². The van der Waals surface area contributed by atoms with Gasteiger partial charge in [0.2, 0.25) is 5.91 Å². The molecule has 0 saturated carbocycles. The van der Waals surface area contributed by atoms with Crippen LogP contribution in [-0.2, 0) is 4.79 Å². The third kappa shape index (κ3) is 4.00. The van der Waals surface area contributed by atoms with Gasteiger partial charge in [-0.25, -0.2) is 4.98 Å². The summed E-state index contributed by atoms with van der Waals surface area (Å²) < 4.78 is 3.19. The number of aromatic nitrogens is 2. The van der Waals surface area contributed by atoms with Crippen LogP contribution in [0.25, 0.3) is 26.4 Å². The SMILES string of the molecule is Cc1cccc(-c2cn3c(n2)sc2cc(C(=O)CCCCN4CCCC4=O)ccc23)c1.